The molecule has 2 aliphatic heterocycles. The van der Waals surface area contributed by atoms with E-state index in [4.69, 9.17) is 11.6 Å². The Bertz CT molecular complexity index is 1010. The van der Waals surface area contributed by atoms with E-state index in [-0.39, 0.29) is 16.8 Å². The van der Waals surface area contributed by atoms with Gasteiger partial charge in [0, 0.05) is 31.5 Å². The third-order valence-electron chi connectivity index (χ3n) is 6.29. The molecule has 2 heterocycles. The quantitative estimate of drug-likeness (QED) is 0.670. The number of amides is 2. The summed E-state index contributed by atoms with van der Waals surface area (Å²) in [4.78, 5) is 29.5. The lowest BCUT2D eigenvalue weighted by atomic mass is 9.98. The van der Waals surface area contributed by atoms with Crippen LogP contribution in [0.25, 0.3) is 0 Å². The van der Waals surface area contributed by atoms with E-state index in [1.165, 1.54) is 29.8 Å². The van der Waals surface area contributed by atoms with Crippen LogP contribution in [-0.2, 0) is 16.0 Å². The second-order valence-corrected chi connectivity index (χ2v) is 8.87. The van der Waals surface area contributed by atoms with Crippen molar-refractivity contribution >= 4 is 34.8 Å². The number of likely N-dealkylation sites (tertiary alicyclic amines) is 1. The molecular formula is C24H28ClFN4O2. The first kappa shape index (κ1) is 22.6. The smallest absolute Gasteiger partial charge is 0.313 e. The van der Waals surface area contributed by atoms with Crippen molar-refractivity contribution in [3.05, 3.63) is 58.4 Å². The number of fused-ring (bicyclic) bond motifs is 1. The molecule has 0 aliphatic carbocycles. The first-order valence-corrected chi connectivity index (χ1v) is 11.4. The van der Waals surface area contributed by atoms with Crippen molar-refractivity contribution in [2.45, 2.75) is 31.7 Å². The van der Waals surface area contributed by atoms with Crippen LogP contribution in [0.15, 0.2) is 36.4 Å². The van der Waals surface area contributed by atoms with E-state index in [9.17, 15) is 14.0 Å². The monoisotopic (exact) mass is 458 g/mol. The van der Waals surface area contributed by atoms with E-state index in [2.05, 4.69) is 45.7 Å². The maximum Gasteiger partial charge on any atom is 0.313 e. The normalized spacial score (nSPS) is 17.0. The molecule has 6 nitrogen and oxygen atoms in total. The standard InChI is InChI=1S/C24H28ClFN4O2/c1-29-12-9-17-13-16(5-8-21(17)29)22(30-10-3-2-4-11-30)15-27-23(31)24(32)28-18-6-7-20(26)19(25)14-18/h5-8,13-14,22H,2-4,9-12,15H2,1H3,(H,27,31)(H,28,32)/t22-/m0/s1. The number of hydrogen-bond acceptors (Lipinski definition) is 4. The maximum absolute atomic E-state index is 13.3. The molecule has 32 heavy (non-hydrogen) atoms. The summed E-state index contributed by atoms with van der Waals surface area (Å²) in [5.74, 6) is -2.12. The van der Waals surface area contributed by atoms with Gasteiger partial charge in [0.15, 0.2) is 0 Å². The van der Waals surface area contributed by atoms with Crippen molar-refractivity contribution < 1.29 is 14.0 Å². The summed E-state index contributed by atoms with van der Waals surface area (Å²) in [5.41, 5.74) is 4.01. The van der Waals surface area contributed by atoms with Crippen molar-refractivity contribution in [3.63, 3.8) is 0 Å². The highest BCUT2D eigenvalue weighted by molar-refractivity contribution is 6.39. The summed E-state index contributed by atoms with van der Waals surface area (Å²) in [6, 6.07) is 10.3. The number of halogens is 2. The van der Waals surface area contributed by atoms with Gasteiger partial charge in [0.25, 0.3) is 0 Å². The first-order chi connectivity index (χ1) is 15.4. The molecule has 170 valence electrons. The lowest BCUT2D eigenvalue weighted by Gasteiger charge is -2.35. The van der Waals surface area contributed by atoms with Crippen molar-refractivity contribution in [1.29, 1.82) is 0 Å². The molecule has 2 N–H and O–H groups in total. The summed E-state index contributed by atoms with van der Waals surface area (Å²) in [7, 11) is 2.10. The highest BCUT2D eigenvalue weighted by Crippen LogP contribution is 2.32. The van der Waals surface area contributed by atoms with Gasteiger partial charge in [0.1, 0.15) is 5.82 Å². The Morgan fingerprint density at radius 1 is 1.06 bits per heavy atom. The van der Waals surface area contributed by atoms with Crippen LogP contribution in [0, 0.1) is 5.82 Å². The predicted molar refractivity (Wildman–Crippen MR) is 125 cm³/mol. The Hall–Kier alpha value is -2.64. The molecule has 1 atom stereocenters. The van der Waals surface area contributed by atoms with Crippen molar-refractivity contribution in [3.8, 4) is 0 Å². The van der Waals surface area contributed by atoms with Gasteiger partial charge in [0.2, 0.25) is 0 Å². The van der Waals surface area contributed by atoms with E-state index in [0.717, 1.165) is 50.5 Å². The molecule has 0 unspecified atom stereocenters. The highest BCUT2D eigenvalue weighted by atomic mass is 35.5. The molecule has 1 fully saturated rings. The zero-order valence-electron chi connectivity index (χ0n) is 18.2. The fourth-order valence-corrected chi connectivity index (χ4v) is 4.69. The second-order valence-electron chi connectivity index (χ2n) is 8.47. The van der Waals surface area contributed by atoms with Crippen LogP contribution >= 0.6 is 11.6 Å². The molecule has 1 saturated heterocycles. The summed E-state index contributed by atoms with van der Waals surface area (Å²) in [6.45, 7) is 3.29. The van der Waals surface area contributed by atoms with Gasteiger partial charge < -0.3 is 15.5 Å². The fourth-order valence-electron chi connectivity index (χ4n) is 4.51. The van der Waals surface area contributed by atoms with Gasteiger partial charge >= 0.3 is 11.8 Å². The number of likely N-dealkylation sites (N-methyl/N-ethyl adjacent to an activating group) is 1. The minimum Gasteiger partial charge on any atom is -0.374 e. The SMILES string of the molecule is CN1CCc2cc([C@H](CNC(=O)C(=O)Nc3ccc(F)c(Cl)c3)N3CCCCC3)ccc21. The molecule has 2 aromatic carbocycles. The summed E-state index contributed by atoms with van der Waals surface area (Å²) in [6.07, 6.45) is 4.49. The van der Waals surface area contributed by atoms with E-state index in [0.29, 0.717) is 6.54 Å². The molecular weight excluding hydrogens is 431 g/mol. The summed E-state index contributed by atoms with van der Waals surface area (Å²) < 4.78 is 13.3. The number of hydrogen-bond donors (Lipinski definition) is 2. The van der Waals surface area contributed by atoms with Crippen LogP contribution in [0.2, 0.25) is 5.02 Å². The number of benzene rings is 2. The zero-order valence-corrected chi connectivity index (χ0v) is 18.9. The van der Waals surface area contributed by atoms with E-state index < -0.39 is 17.6 Å². The van der Waals surface area contributed by atoms with Crippen molar-refractivity contribution in [2.24, 2.45) is 0 Å². The molecule has 8 heteroatoms. The average molecular weight is 459 g/mol. The van der Waals surface area contributed by atoms with E-state index in [1.54, 1.807) is 0 Å². The Balaban J connectivity index is 1.44. The second kappa shape index (κ2) is 9.88. The van der Waals surface area contributed by atoms with Gasteiger partial charge in [-0.2, -0.15) is 0 Å². The van der Waals surface area contributed by atoms with Crippen LogP contribution in [0.4, 0.5) is 15.8 Å². The van der Waals surface area contributed by atoms with Crippen molar-refractivity contribution in [1.82, 2.24) is 10.2 Å². The summed E-state index contributed by atoms with van der Waals surface area (Å²) >= 11 is 5.75. The summed E-state index contributed by atoms with van der Waals surface area (Å²) in [5, 5.41) is 5.15. The van der Waals surface area contributed by atoms with Crippen LogP contribution in [0.5, 0.6) is 0 Å². The van der Waals surface area contributed by atoms with Gasteiger partial charge in [-0.3, -0.25) is 14.5 Å². The molecule has 4 rings (SSSR count). The maximum atomic E-state index is 13.3. The third-order valence-corrected chi connectivity index (χ3v) is 6.58. The van der Waals surface area contributed by atoms with Crippen molar-refractivity contribution in [2.75, 3.05) is 43.4 Å². The third kappa shape index (κ3) is 5.05. The minimum absolute atomic E-state index is 0.00326. The van der Waals surface area contributed by atoms with Crippen LogP contribution in [0.1, 0.15) is 36.4 Å². The Morgan fingerprint density at radius 2 is 1.84 bits per heavy atom. The van der Waals surface area contributed by atoms with E-state index in [1.807, 2.05) is 0 Å². The molecule has 2 aromatic rings. The molecule has 2 amide bonds. The Kier molecular flexibility index (Phi) is 6.96. The van der Waals surface area contributed by atoms with Gasteiger partial charge in [-0.05, 0) is 67.7 Å². The number of nitrogens with zero attached hydrogens (tertiary/aromatic N) is 2. The zero-order chi connectivity index (χ0) is 22.7. The topological polar surface area (TPSA) is 64.7 Å². The number of rotatable bonds is 5. The molecule has 0 aromatic heterocycles. The lowest BCUT2D eigenvalue weighted by molar-refractivity contribution is -0.136. The number of carbonyl (C=O) groups is 2. The molecule has 0 saturated carbocycles. The van der Waals surface area contributed by atoms with Gasteiger partial charge in [-0.25, -0.2) is 4.39 Å². The van der Waals surface area contributed by atoms with Crippen LogP contribution in [-0.4, -0.2) is 49.9 Å². The minimum atomic E-state index is -0.805. The van der Waals surface area contributed by atoms with Gasteiger partial charge in [0.05, 0.1) is 11.1 Å². The number of carbonyl (C=O) groups excluding carboxylic acids is 2. The largest absolute Gasteiger partial charge is 0.374 e. The molecule has 0 spiro atoms. The lowest BCUT2D eigenvalue weighted by Crippen LogP contribution is -2.43. The van der Waals surface area contributed by atoms with Crippen LogP contribution < -0.4 is 15.5 Å². The number of piperidine rings is 1. The number of nitrogens with one attached hydrogen (secondary N) is 2. The number of anilines is 2. The molecule has 0 bridgehead atoms. The van der Waals surface area contributed by atoms with Crippen LogP contribution in [0.3, 0.4) is 0 Å². The highest BCUT2D eigenvalue weighted by Gasteiger charge is 2.26. The Labute approximate surface area is 192 Å². The van der Waals surface area contributed by atoms with Gasteiger partial charge in [-0.1, -0.05) is 30.2 Å². The van der Waals surface area contributed by atoms with Gasteiger partial charge in [-0.15, -0.1) is 0 Å². The Morgan fingerprint density at radius 3 is 2.59 bits per heavy atom. The average Bonchev–Trinajstić information content (AvgIpc) is 3.17. The van der Waals surface area contributed by atoms with E-state index >= 15 is 0 Å². The fraction of sp³-hybridized carbons (Fsp3) is 0.417. The molecule has 2 aliphatic rings. The molecule has 0 radical (unpaired) electrons. The predicted octanol–water partition coefficient (Wildman–Crippen LogP) is 3.75. The first-order valence-electron chi connectivity index (χ1n) is 11.0.